The summed E-state index contributed by atoms with van der Waals surface area (Å²) < 4.78 is 9.38. The van der Waals surface area contributed by atoms with Gasteiger partial charge in [-0.1, -0.05) is 0 Å². The molecule has 7 heteroatoms. The zero-order valence-corrected chi connectivity index (χ0v) is 12.4. The van der Waals surface area contributed by atoms with Gasteiger partial charge >= 0.3 is 5.97 Å². The molecule has 1 rings (SSSR count). The van der Waals surface area contributed by atoms with E-state index in [0.717, 1.165) is 0 Å². The molecule has 1 N–H and O–H groups in total. The van der Waals surface area contributed by atoms with Crippen LogP contribution in [0.2, 0.25) is 0 Å². The van der Waals surface area contributed by atoms with Crippen molar-refractivity contribution < 1.29 is 52.1 Å². The van der Waals surface area contributed by atoms with Crippen LogP contribution in [0.5, 0.6) is 0 Å². The average molecular weight is 313 g/mol. The summed E-state index contributed by atoms with van der Waals surface area (Å²) in [5.41, 5.74) is 0.886. The minimum Gasteiger partial charge on any atom is -0.503 e. The average Bonchev–Trinajstić information content (AvgIpc) is 2.35. The summed E-state index contributed by atoms with van der Waals surface area (Å²) in [5.74, 6) is -0.577. The van der Waals surface area contributed by atoms with Gasteiger partial charge in [-0.05, 0) is 0 Å². The molecule has 0 aromatic carbocycles. The second-order valence-corrected chi connectivity index (χ2v) is 2.80. The summed E-state index contributed by atoms with van der Waals surface area (Å²) >= 11 is 0. The van der Waals surface area contributed by atoms with Crippen LogP contribution in [0.1, 0.15) is 11.3 Å². The second-order valence-electron chi connectivity index (χ2n) is 2.80. The van der Waals surface area contributed by atoms with Crippen molar-refractivity contribution in [2.45, 2.75) is 6.61 Å². The maximum atomic E-state index is 11.5. The van der Waals surface area contributed by atoms with Gasteiger partial charge in [0.15, 0.2) is 0 Å². The molecule has 0 fully saturated rings. The van der Waals surface area contributed by atoms with E-state index in [2.05, 4.69) is 14.7 Å². The van der Waals surface area contributed by atoms with E-state index in [1.807, 2.05) is 0 Å². The third kappa shape index (κ3) is 4.14. The summed E-state index contributed by atoms with van der Waals surface area (Å²) in [6, 6.07) is 0. The summed E-state index contributed by atoms with van der Waals surface area (Å²) in [4.78, 5) is 19.1. The number of aliphatic hydroxyl groups excluding tert-OH is 1. The van der Waals surface area contributed by atoms with E-state index in [1.54, 1.807) is 0 Å². The Labute approximate surface area is 124 Å². The van der Waals surface area contributed by atoms with Gasteiger partial charge in [0.2, 0.25) is 0 Å². The zero-order chi connectivity index (χ0) is 12.0. The molecule has 0 spiro atoms. The first kappa shape index (κ1) is 16.2. The number of ether oxygens (including phenoxy) is 2. The monoisotopic (exact) mass is 313 g/mol. The van der Waals surface area contributed by atoms with Crippen LogP contribution < -0.4 is 0 Å². The normalized spacial score (nSPS) is 10.4. The van der Waals surface area contributed by atoms with Crippen molar-refractivity contribution in [1.29, 1.82) is 0 Å². The molecule has 0 atom stereocenters. The SMILES string of the molecule is CO/C=C(/C(=O)OC)c1cncnc1CO.[Y]. The molecule has 89 valence electrons. The smallest absolute Gasteiger partial charge is 0.341 e. The first-order valence-corrected chi connectivity index (χ1v) is 4.46. The number of methoxy groups -OCH3 is 2. The molecule has 1 aromatic rings. The van der Waals surface area contributed by atoms with Crippen molar-refractivity contribution in [3.05, 3.63) is 30.0 Å². The van der Waals surface area contributed by atoms with Gasteiger partial charge < -0.3 is 14.6 Å². The van der Waals surface area contributed by atoms with Gasteiger partial charge in [-0.2, -0.15) is 0 Å². The molecule has 1 aromatic heterocycles. The van der Waals surface area contributed by atoms with Crippen molar-refractivity contribution >= 4 is 11.5 Å². The molecule has 0 amide bonds. The molecule has 17 heavy (non-hydrogen) atoms. The molecule has 1 radical (unpaired) electrons. The van der Waals surface area contributed by atoms with E-state index in [1.165, 1.54) is 33.0 Å². The van der Waals surface area contributed by atoms with E-state index < -0.39 is 5.97 Å². The Bertz CT molecular complexity index is 409. The number of carbonyl (C=O) groups is 1. The largest absolute Gasteiger partial charge is 0.503 e. The molecular weight excluding hydrogens is 301 g/mol. The van der Waals surface area contributed by atoms with E-state index in [0.29, 0.717) is 11.3 Å². The quantitative estimate of drug-likeness (QED) is 0.483. The number of aliphatic hydroxyl groups is 1. The summed E-state index contributed by atoms with van der Waals surface area (Å²) in [6.07, 6.45) is 3.93. The van der Waals surface area contributed by atoms with E-state index >= 15 is 0 Å². The van der Waals surface area contributed by atoms with Gasteiger partial charge in [-0.3, -0.25) is 0 Å². The molecule has 1 heterocycles. The fourth-order valence-electron chi connectivity index (χ4n) is 1.16. The number of nitrogens with zero attached hydrogens (tertiary/aromatic N) is 2. The van der Waals surface area contributed by atoms with Crippen LogP contribution in [0.3, 0.4) is 0 Å². The van der Waals surface area contributed by atoms with Gasteiger partial charge in [0.1, 0.15) is 11.9 Å². The second kappa shape index (κ2) is 8.27. The van der Waals surface area contributed by atoms with Gasteiger partial charge in [0, 0.05) is 44.5 Å². The predicted octanol–water partition coefficient (Wildman–Crippen LogP) is 0.127. The minimum absolute atomic E-state index is 0. The topological polar surface area (TPSA) is 81.5 Å². The fourth-order valence-corrected chi connectivity index (χ4v) is 1.16. The number of aromatic nitrogens is 2. The van der Waals surface area contributed by atoms with Crippen molar-refractivity contribution in [3.8, 4) is 0 Å². The standard InChI is InChI=1S/C10H12N2O4.Y/c1-15-5-8(10(14)16-2)7-3-11-6-12-9(7)4-13;/h3,5-6,13H,4H2,1-2H3;/b8-5+;. The Morgan fingerprint density at radius 3 is 2.76 bits per heavy atom. The Morgan fingerprint density at radius 2 is 2.24 bits per heavy atom. The van der Waals surface area contributed by atoms with E-state index in [-0.39, 0.29) is 44.9 Å². The maximum absolute atomic E-state index is 11.5. The van der Waals surface area contributed by atoms with Crippen molar-refractivity contribution in [3.63, 3.8) is 0 Å². The van der Waals surface area contributed by atoms with Gasteiger partial charge in [0.25, 0.3) is 0 Å². The Hall–Kier alpha value is -0.846. The van der Waals surface area contributed by atoms with Gasteiger partial charge in [-0.15, -0.1) is 0 Å². The third-order valence-electron chi connectivity index (χ3n) is 1.88. The van der Waals surface area contributed by atoms with Crippen LogP contribution >= 0.6 is 0 Å². The summed E-state index contributed by atoms with van der Waals surface area (Å²) in [5, 5.41) is 9.08. The molecule has 0 saturated heterocycles. The molecular formula is C10H12N2O4Y. The van der Waals surface area contributed by atoms with E-state index in [9.17, 15) is 4.79 Å². The van der Waals surface area contributed by atoms with Crippen LogP contribution in [0.4, 0.5) is 0 Å². The number of rotatable bonds is 4. The first-order chi connectivity index (χ1) is 7.74. The van der Waals surface area contributed by atoms with Crippen LogP contribution in [0, 0.1) is 0 Å². The molecule has 0 aliphatic heterocycles. The van der Waals surface area contributed by atoms with Crippen molar-refractivity contribution in [2.75, 3.05) is 14.2 Å². The molecule has 0 saturated carbocycles. The molecule has 0 unspecified atom stereocenters. The fraction of sp³-hybridized carbons (Fsp3) is 0.300. The number of hydrogen-bond donors (Lipinski definition) is 1. The molecule has 0 bridgehead atoms. The third-order valence-corrected chi connectivity index (χ3v) is 1.88. The molecule has 6 nitrogen and oxygen atoms in total. The van der Waals surface area contributed by atoms with Crippen LogP contribution in [0.25, 0.3) is 5.57 Å². The molecule has 0 aliphatic rings. The zero-order valence-electron chi connectivity index (χ0n) is 9.58. The summed E-state index contributed by atoms with van der Waals surface area (Å²) in [6.45, 7) is -0.296. The first-order valence-electron chi connectivity index (χ1n) is 4.46. The minimum atomic E-state index is -0.577. The Balaban J connectivity index is 0.00000256. The van der Waals surface area contributed by atoms with Crippen molar-refractivity contribution in [1.82, 2.24) is 9.97 Å². The summed E-state index contributed by atoms with van der Waals surface area (Å²) in [7, 11) is 2.67. The van der Waals surface area contributed by atoms with Crippen molar-refractivity contribution in [2.24, 2.45) is 0 Å². The van der Waals surface area contributed by atoms with E-state index in [4.69, 9.17) is 9.84 Å². The van der Waals surface area contributed by atoms with Gasteiger partial charge in [0.05, 0.1) is 32.8 Å². The Kier molecular flexibility index (Phi) is 7.86. The number of hydrogen-bond acceptors (Lipinski definition) is 6. The Morgan fingerprint density at radius 1 is 1.53 bits per heavy atom. The predicted molar refractivity (Wildman–Crippen MR) is 55.0 cm³/mol. The maximum Gasteiger partial charge on any atom is 0.341 e. The van der Waals surface area contributed by atoms with Crippen LogP contribution in [0.15, 0.2) is 18.8 Å². The number of carbonyl (C=O) groups excluding carboxylic acids is 1. The number of esters is 1. The molecule has 0 aliphatic carbocycles. The van der Waals surface area contributed by atoms with Crippen LogP contribution in [-0.4, -0.2) is 35.3 Å². The van der Waals surface area contributed by atoms with Gasteiger partial charge in [-0.25, -0.2) is 14.8 Å². The van der Waals surface area contributed by atoms with Crippen LogP contribution in [-0.2, 0) is 53.6 Å².